The van der Waals surface area contributed by atoms with Crippen LogP contribution in [0.15, 0.2) is 5.11 Å². The zero-order valence-electron chi connectivity index (χ0n) is 19.3. The summed E-state index contributed by atoms with van der Waals surface area (Å²) >= 11 is 0. The third kappa shape index (κ3) is 17.0. The SMILES string of the molecule is CCCCCCCCCCCCCCC[C@H](N=[N-])[C@H](C)NC(=O)OC(C)(C)C. The van der Waals surface area contributed by atoms with Crippen molar-refractivity contribution in [3.05, 3.63) is 5.53 Å². The third-order valence-electron chi connectivity index (χ3n) is 5.07. The number of unbranched alkanes of at least 4 members (excludes halogenated alkanes) is 12. The second-order valence-electron chi connectivity index (χ2n) is 9.15. The highest BCUT2D eigenvalue weighted by Gasteiger charge is 2.20. The molecule has 0 aliphatic rings. The van der Waals surface area contributed by atoms with Crippen LogP contribution < -0.4 is 5.32 Å². The molecule has 166 valence electrons. The molecule has 0 saturated carbocycles. The molecule has 0 aromatic rings. The van der Waals surface area contributed by atoms with Crippen LogP contribution in [-0.2, 0) is 4.74 Å². The lowest BCUT2D eigenvalue weighted by molar-refractivity contribution is 0.0501. The van der Waals surface area contributed by atoms with E-state index in [1.807, 2.05) is 27.7 Å². The molecule has 0 rings (SSSR count). The van der Waals surface area contributed by atoms with Gasteiger partial charge in [-0.3, -0.25) is 0 Å². The molecule has 2 atom stereocenters. The van der Waals surface area contributed by atoms with Crippen LogP contribution in [0, 0.1) is 0 Å². The summed E-state index contributed by atoms with van der Waals surface area (Å²) in [6.45, 7) is 9.62. The van der Waals surface area contributed by atoms with Crippen LogP contribution in [-0.4, -0.2) is 23.8 Å². The average Bonchev–Trinajstić information content (AvgIpc) is 2.60. The fourth-order valence-corrected chi connectivity index (χ4v) is 3.37. The van der Waals surface area contributed by atoms with Gasteiger partial charge in [0.15, 0.2) is 0 Å². The van der Waals surface area contributed by atoms with E-state index < -0.39 is 11.7 Å². The topological polar surface area (TPSA) is 73.0 Å². The molecule has 0 aromatic carbocycles. The van der Waals surface area contributed by atoms with Crippen molar-refractivity contribution in [1.29, 1.82) is 0 Å². The summed E-state index contributed by atoms with van der Waals surface area (Å²) < 4.78 is 5.25. The first-order valence-electron chi connectivity index (χ1n) is 11.6. The molecule has 1 amide bonds. The summed E-state index contributed by atoms with van der Waals surface area (Å²) in [4.78, 5) is 11.8. The lowest BCUT2D eigenvalue weighted by Gasteiger charge is -2.26. The van der Waals surface area contributed by atoms with Crippen molar-refractivity contribution in [2.75, 3.05) is 0 Å². The van der Waals surface area contributed by atoms with E-state index in [1.54, 1.807) is 0 Å². The van der Waals surface area contributed by atoms with Gasteiger partial charge in [0.05, 0.1) is 0 Å². The van der Waals surface area contributed by atoms with Gasteiger partial charge < -0.3 is 20.7 Å². The molecule has 0 aliphatic carbocycles. The molecule has 1 N–H and O–H groups in total. The second kappa shape index (κ2) is 16.8. The van der Waals surface area contributed by atoms with Crippen molar-refractivity contribution in [3.63, 3.8) is 0 Å². The Morgan fingerprint density at radius 1 is 0.893 bits per heavy atom. The number of amides is 1. The predicted molar refractivity (Wildman–Crippen MR) is 119 cm³/mol. The van der Waals surface area contributed by atoms with E-state index in [2.05, 4.69) is 17.4 Å². The second-order valence-corrected chi connectivity index (χ2v) is 9.15. The Morgan fingerprint density at radius 2 is 1.32 bits per heavy atom. The lowest BCUT2D eigenvalue weighted by Crippen LogP contribution is -2.42. The molecule has 0 bridgehead atoms. The summed E-state index contributed by atoms with van der Waals surface area (Å²) in [7, 11) is 0. The molecule has 0 aromatic heterocycles. The molecule has 0 saturated heterocycles. The number of ether oxygens (including phenoxy) is 1. The number of nitrogens with zero attached hydrogens (tertiary/aromatic N) is 2. The number of carbonyl (C=O) groups excluding carboxylic acids is 1. The fraction of sp³-hybridized carbons (Fsp3) is 0.957. The van der Waals surface area contributed by atoms with Gasteiger partial charge in [-0.2, -0.15) is 0 Å². The van der Waals surface area contributed by atoms with Crippen LogP contribution in [0.2, 0.25) is 0 Å². The first kappa shape index (κ1) is 26.9. The maximum Gasteiger partial charge on any atom is 0.407 e. The van der Waals surface area contributed by atoms with Crippen molar-refractivity contribution in [3.8, 4) is 0 Å². The van der Waals surface area contributed by atoms with Crippen molar-refractivity contribution >= 4 is 6.09 Å². The zero-order valence-corrected chi connectivity index (χ0v) is 19.3. The zero-order chi connectivity index (χ0) is 21.3. The van der Waals surface area contributed by atoms with Gasteiger partial charge >= 0.3 is 6.09 Å². The highest BCUT2D eigenvalue weighted by atomic mass is 16.6. The predicted octanol–water partition coefficient (Wildman–Crippen LogP) is 7.77. The van der Waals surface area contributed by atoms with E-state index in [9.17, 15) is 10.3 Å². The number of carbonyl (C=O) groups is 1. The maximum absolute atomic E-state index is 11.8. The van der Waals surface area contributed by atoms with Gasteiger partial charge in [0.2, 0.25) is 0 Å². The number of hydrogen-bond acceptors (Lipinski definition) is 3. The van der Waals surface area contributed by atoms with E-state index in [0.29, 0.717) is 0 Å². The smallest absolute Gasteiger partial charge is 0.407 e. The van der Waals surface area contributed by atoms with Crippen molar-refractivity contribution in [2.45, 2.75) is 142 Å². The van der Waals surface area contributed by atoms with E-state index in [4.69, 9.17) is 4.74 Å². The molecular formula is C23H46N3O2-. The standard InChI is InChI=1S/C23H46N3O2/c1-6-7-8-9-10-11-12-13-14-15-16-17-18-19-21(26-24)20(2)25-22(27)28-23(3,4)5/h20-21H,6-19H2,1-5H3,(H,25,27)/q-1/t20-,21-/m0/s1. The van der Waals surface area contributed by atoms with Gasteiger partial charge in [-0.1, -0.05) is 90.4 Å². The van der Waals surface area contributed by atoms with Crippen LogP contribution in [0.25, 0.3) is 5.53 Å². The van der Waals surface area contributed by atoms with Gasteiger partial charge in [-0.05, 0) is 34.1 Å². The Bertz CT molecular complexity index is 394. The Hall–Kier alpha value is -1.13. The van der Waals surface area contributed by atoms with Gasteiger partial charge in [0.25, 0.3) is 0 Å². The lowest BCUT2D eigenvalue weighted by atomic mass is 10.0. The largest absolute Gasteiger partial charge is 0.712 e. The van der Waals surface area contributed by atoms with Gasteiger partial charge in [0.1, 0.15) is 5.60 Å². The van der Waals surface area contributed by atoms with Crippen LogP contribution in [0.4, 0.5) is 4.79 Å². The monoisotopic (exact) mass is 396 g/mol. The molecule has 0 fully saturated rings. The van der Waals surface area contributed by atoms with E-state index in [-0.39, 0.29) is 12.1 Å². The Balaban J connectivity index is 3.63. The molecule has 28 heavy (non-hydrogen) atoms. The van der Waals surface area contributed by atoms with Crippen molar-refractivity contribution in [1.82, 2.24) is 5.32 Å². The number of alkyl carbamates (subject to hydrolysis) is 1. The molecule has 0 heterocycles. The number of hydrogen-bond donors (Lipinski definition) is 1. The Labute approximate surface area is 174 Å². The summed E-state index contributed by atoms with van der Waals surface area (Å²) in [5.74, 6) is 0. The Morgan fingerprint density at radius 3 is 1.71 bits per heavy atom. The van der Waals surface area contributed by atoms with E-state index in [1.165, 1.54) is 70.6 Å². The fourth-order valence-electron chi connectivity index (χ4n) is 3.37. The third-order valence-corrected chi connectivity index (χ3v) is 5.07. The summed E-state index contributed by atoms with van der Waals surface area (Å²) in [6.07, 6.45) is 17.4. The quantitative estimate of drug-likeness (QED) is 0.201. The highest BCUT2D eigenvalue weighted by molar-refractivity contribution is 5.68. The molecule has 5 heteroatoms. The molecule has 5 nitrogen and oxygen atoms in total. The van der Waals surface area contributed by atoms with Crippen molar-refractivity contribution < 1.29 is 9.53 Å². The molecular weight excluding hydrogens is 350 g/mol. The minimum atomic E-state index is -0.523. The normalized spacial score (nSPS) is 13.8. The highest BCUT2D eigenvalue weighted by Crippen LogP contribution is 2.15. The van der Waals surface area contributed by atoms with Crippen LogP contribution in [0.5, 0.6) is 0 Å². The maximum atomic E-state index is 11.8. The van der Waals surface area contributed by atoms with Gasteiger partial charge in [-0.25, -0.2) is 4.79 Å². The Kier molecular flexibility index (Phi) is 16.1. The van der Waals surface area contributed by atoms with Crippen LogP contribution >= 0.6 is 0 Å². The van der Waals surface area contributed by atoms with E-state index in [0.717, 1.165) is 19.3 Å². The minimum Gasteiger partial charge on any atom is -0.712 e. The van der Waals surface area contributed by atoms with Crippen LogP contribution in [0.3, 0.4) is 0 Å². The summed E-state index contributed by atoms with van der Waals surface area (Å²) in [5, 5.41) is 6.23. The summed E-state index contributed by atoms with van der Waals surface area (Å²) in [5.41, 5.74) is 8.74. The van der Waals surface area contributed by atoms with Crippen molar-refractivity contribution in [2.24, 2.45) is 5.11 Å². The molecule has 0 spiro atoms. The van der Waals surface area contributed by atoms with Gasteiger partial charge in [-0.15, -0.1) is 0 Å². The molecule has 0 unspecified atom stereocenters. The summed E-state index contributed by atoms with van der Waals surface area (Å²) in [6, 6.07) is -0.516. The number of rotatable bonds is 17. The van der Waals surface area contributed by atoms with Crippen LogP contribution in [0.1, 0.15) is 125 Å². The number of nitrogens with one attached hydrogen (secondary N) is 1. The molecule has 0 radical (unpaired) electrons. The van der Waals surface area contributed by atoms with E-state index >= 15 is 0 Å². The minimum absolute atomic E-state index is 0.239. The first-order valence-corrected chi connectivity index (χ1v) is 11.6. The molecule has 0 aliphatic heterocycles. The average molecular weight is 397 g/mol. The first-order chi connectivity index (χ1) is 13.3. The van der Waals surface area contributed by atoms with Gasteiger partial charge in [0, 0.05) is 12.1 Å².